The number of fused-ring (bicyclic) bond motifs is 2. The molecular formula is C19H28Cl2FNO. The number of amides is 1. The summed E-state index contributed by atoms with van der Waals surface area (Å²) in [6.45, 7) is 9.78. The van der Waals surface area contributed by atoms with E-state index in [1.165, 1.54) is 0 Å². The van der Waals surface area contributed by atoms with E-state index in [1.807, 2.05) is 6.92 Å². The molecule has 0 aromatic heterocycles. The molecule has 2 bridgehead atoms. The lowest BCUT2D eigenvalue weighted by Gasteiger charge is -2.38. The van der Waals surface area contributed by atoms with Crippen molar-refractivity contribution in [3.05, 3.63) is 22.2 Å². The van der Waals surface area contributed by atoms with E-state index in [4.69, 9.17) is 23.2 Å². The zero-order valence-corrected chi connectivity index (χ0v) is 16.4. The molecular weight excluding hydrogens is 348 g/mol. The maximum atomic E-state index is 14.7. The number of carbonyl (C=O) groups is 1. The van der Waals surface area contributed by atoms with Crippen molar-refractivity contribution >= 4 is 29.1 Å². The smallest absolute Gasteiger partial charge is 0.223 e. The predicted molar refractivity (Wildman–Crippen MR) is 98.9 cm³/mol. The maximum Gasteiger partial charge on any atom is 0.223 e. The summed E-state index contributed by atoms with van der Waals surface area (Å²) in [5, 5.41) is 3.96. The van der Waals surface area contributed by atoms with Crippen molar-refractivity contribution in [2.75, 3.05) is 0 Å². The second-order valence-electron chi connectivity index (χ2n) is 7.69. The molecule has 2 atom stereocenters. The minimum Gasteiger partial charge on any atom is -0.348 e. The molecule has 0 heterocycles. The van der Waals surface area contributed by atoms with Gasteiger partial charge in [0.2, 0.25) is 5.91 Å². The lowest BCUT2D eigenvalue weighted by molar-refractivity contribution is -0.126. The topological polar surface area (TPSA) is 29.1 Å². The maximum absolute atomic E-state index is 14.7. The summed E-state index contributed by atoms with van der Waals surface area (Å²) in [6, 6.07) is -0.356. The van der Waals surface area contributed by atoms with Gasteiger partial charge in [0.1, 0.15) is 5.67 Å². The van der Waals surface area contributed by atoms with Gasteiger partial charge in [0, 0.05) is 11.0 Å². The molecule has 2 fully saturated rings. The molecule has 2 rings (SSSR count). The highest BCUT2D eigenvalue weighted by Gasteiger charge is 2.59. The van der Waals surface area contributed by atoms with Gasteiger partial charge in [-0.05, 0) is 56.4 Å². The molecule has 0 aromatic rings. The highest BCUT2D eigenvalue weighted by Crippen LogP contribution is 2.61. The standard InChI is InChI=1S/C19H28Cl2FNO/c1-5-6-12(2)17(24)23-16(13(3)15(21)14(4)20)18-7-9-19(22,11-18)10-8-18/h12,16H,3,5-11H2,1-2,4H3,(H,23,24)/b15-14-. The van der Waals surface area contributed by atoms with Crippen molar-refractivity contribution in [3.8, 4) is 0 Å². The molecule has 0 aliphatic heterocycles. The second-order valence-corrected chi connectivity index (χ2v) is 8.64. The zero-order chi connectivity index (χ0) is 18.1. The fraction of sp³-hybridized carbons (Fsp3) is 0.737. The third-order valence-electron chi connectivity index (χ3n) is 5.81. The molecule has 2 aliphatic rings. The van der Waals surface area contributed by atoms with Gasteiger partial charge in [0.05, 0.1) is 11.1 Å². The molecule has 136 valence electrons. The van der Waals surface area contributed by atoms with E-state index in [-0.39, 0.29) is 23.3 Å². The minimum absolute atomic E-state index is 0.0164. The highest BCUT2D eigenvalue weighted by atomic mass is 35.5. The average Bonchev–Trinajstić information content (AvgIpc) is 3.05. The minimum atomic E-state index is -1.09. The number of halogens is 3. The normalized spacial score (nSPS) is 32.2. The first-order valence-electron chi connectivity index (χ1n) is 8.84. The molecule has 2 nitrogen and oxygen atoms in total. The van der Waals surface area contributed by atoms with E-state index in [0.717, 1.165) is 25.7 Å². The van der Waals surface area contributed by atoms with Crippen molar-refractivity contribution < 1.29 is 9.18 Å². The van der Waals surface area contributed by atoms with Gasteiger partial charge in [0.25, 0.3) is 0 Å². The molecule has 1 amide bonds. The molecule has 24 heavy (non-hydrogen) atoms. The van der Waals surface area contributed by atoms with Gasteiger partial charge in [-0.3, -0.25) is 4.79 Å². The first-order valence-corrected chi connectivity index (χ1v) is 9.60. The summed E-state index contributed by atoms with van der Waals surface area (Å²) < 4.78 is 14.7. The number of hydrogen-bond acceptors (Lipinski definition) is 1. The number of carbonyl (C=O) groups excluding carboxylic acids is 1. The Bertz CT molecular complexity index is 546. The van der Waals surface area contributed by atoms with E-state index >= 15 is 0 Å². The van der Waals surface area contributed by atoms with Crippen LogP contribution in [0.3, 0.4) is 0 Å². The van der Waals surface area contributed by atoms with Crippen molar-refractivity contribution in [2.45, 2.75) is 77.4 Å². The van der Waals surface area contributed by atoms with Crippen LogP contribution in [0.15, 0.2) is 22.2 Å². The number of rotatable bonds is 7. The van der Waals surface area contributed by atoms with Crippen molar-refractivity contribution in [1.82, 2.24) is 5.32 Å². The summed E-state index contributed by atoms with van der Waals surface area (Å²) in [6.07, 6.45) is 4.85. The van der Waals surface area contributed by atoms with Gasteiger partial charge in [-0.25, -0.2) is 4.39 Å². The van der Waals surface area contributed by atoms with Gasteiger partial charge in [-0.15, -0.1) is 0 Å². The van der Waals surface area contributed by atoms with Gasteiger partial charge < -0.3 is 5.32 Å². The Morgan fingerprint density at radius 3 is 2.29 bits per heavy atom. The SMILES string of the molecule is C=C(/C(Cl)=C(\C)Cl)C(NC(=O)C(C)CCC)C12CCC(F)(CC1)C2. The van der Waals surface area contributed by atoms with Crippen LogP contribution in [0.2, 0.25) is 0 Å². The lowest BCUT2D eigenvalue weighted by Crippen LogP contribution is -2.48. The Labute approximate surface area is 154 Å². The van der Waals surface area contributed by atoms with Crippen LogP contribution in [0, 0.1) is 11.3 Å². The van der Waals surface area contributed by atoms with Crippen LogP contribution in [0.25, 0.3) is 0 Å². The highest BCUT2D eigenvalue weighted by molar-refractivity contribution is 6.40. The molecule has 0 saturated heterocycles. The molecule has 2 aliphatic carbocycles. The number of alkyl halides is 1. The second kappa shape index (κ2) is 7.37. The van der Waals surface area contributed by atoms with Crippen LogP contribution < -0.4 is 5.32 Å². The fourth-order valence-corrected chi connectivity index (χ4v) is 4.61. The van der Waals surface area contributed by atoms with Crippen molar-refractivity contribution in [1.29, 1.82) is 0 Å². The van der Waals surface area contributed by atoms with Crippen LogP contribution in [0.5, 0.6) is 0 Å². The van der Waals surface area contributed by atoms with E-state index in [0.29, 0.717) is 34.9 Å². The summed E-state index contributed by atoms with van der Waals surface area (Å²) in [5.74, 6) is -0.100. The number of allylic oxidation sites excluding steroid dienone is 1. The molecule has 0 aromatic carbocycles. The van der Waals surface area contributed by atoms with E-state index in [9.17, 15) is 9.18 Å². The Hall–Kier alpha value is -0.540. The van der Waals surface area contributed by atoms with Crippen LogP contribution in [0.4, 0.5) is 4.39 Å². The molecule has 0 spiro atoms. The number of hydrogen-bond donors (Lipinski definition) is 1. The Morgan fingerprint density at radius 1 is 1.29 bits per heavy atom. The van der Waals surface area contributed by atoms with Gasteiger partial charge in [-0.2, -0.15) is 0 Å². The summed E-state index contributed by atoms with van der Waals surface area (Å²) in [7, 11) is 0. The van der Waals surface area contributed by atoms with Gasteiger partial charge in [0.15, 0.2) is 0 Å². The summed E-state index contributed by atoms with van der Waals surface area (Å²) in [4.78, 5) is 12.6. The van der Waals surface area contributed by atoms with Crippen LogP contribution in [-0.4, -0.2) is 17.6 Å². The predicted octanol–water partition coefficient (Wildman–Crippen LogP) is 5.85. The lowest BCUT2D eigenvalue weighted by atomic mass is 9.74. The average molecular weight is 376 g/mol. The van der Waals surface area contributed by atoms with Gasteiger partial charge in [-0.1, -0.05) is 50.0 Å². The van der Waals surface area contributed by atoms with Crippen LogP contribution in [0.1, 0.15) is 65.7 Å². The molecule has 1 N–H and O–H groups in total. The summed E-state index contributed by atoms with van der Waals surface area (Å²) in [5.41, 5.74) is -0.780. The largest absolute Gasteiger partial charge is 0.348 e. The zero-order valence-electron chi connectivity index (χ0n) is 14.9. The molecule has 2 saturated carbocycles. The third-order valence-corrected chi connectivity index (χ3v) is 6.62. The molecule has 5 heteroatoms. The fourth-order valence-electron chi connectivity index (χ4n) is 4.38. The van der Waals surface area contributed by atoms with Crippen LogP contribution >= 0.6 is 23.2 Å². The van der Waals surface area contributed by atoms with Crippen molar-refractivity contribution in [2.24, 2.45) is 11.3 Å². The van der Waals surface area contributed by atoms with E-state index in [2.05, 4.69) is 18.8 Å². The van der Waals surface area contributed by atoms with E-state index in [1.54, 1.807) is 6.92 Å². The quantitative estimate of drug-likeness (QED) is 0.555. The molecule has 2 unspecified atom stereocenters. The first kappa shape index (κ1) is 19.8. The Kier molecular flexibility index (Phi) is 6.08. The van der Waals surface area contributed by atoms with Crippen molar-refractivity contribution in [3.63, 3.8) is 0 Å². The van der Waals surface area contributed by atoms with Crippen LogP contribution in [-0.2, 0) is 4.79 Å². The molecule has 0 radical (unpaired) electrons. The summed E-state index contributed by atoms with van der Waals surface area (Å²) >= 11 is 12.4. The Morgan fingerprint density at radius 2 is 1.88 bits per heavy atom. The third kappa shape index (κ3) is 3.83. The van der Waals surface area contributed by atoms with Gasteiger partial charge >= 0.3 is 0 Å². The number of nitrogens with one attached hydrogen (secondary N) is 1. The van der Waals surface area contributed by atoms with E-state index < -0.39 is 5.67 Å². The first-order chi connectivity index (χ1) is 11.1. The monoisotopic (exact) mass is 375 g/mol. The Balaban J connectivity index is 2.28.